The molecule has 1 aromatic carbocycles. The third-order valence-corrected chi connectivity index (χ3v) is 4.29. The number of hydrogen-bond donors (Lipinski definition) is 1. The van der Waals surface area contributed by atoms with Crippen molar-refractivity contribution in [1.82, 2.24) is 0 Å². The van der Waals surface area contributed by atoms with Crippen LogP contribution in [0.5, 0.6) is 0 Å². The van der Waals surface area contributed by atoms with E-state index < -0.39 is 12.1 Å². The highest BCUT2D eigenvalue weighted by molar-refractivity contribution is 6.33. The van der Waals surface area contributed by atoms with Crippen molar-refractivity contribution in [3.05, 3.63) is 23.2 Å². The predicted octanol–water partition coefficient (Wildman–Crippen LogP) is 4.94. The molecule has 1 N–H and O–H groups in total. The first-order valence-electron chi connectivity index (χ1n) is 7.07. The second kappa shape index (κ2) is 6.34. The van der Waals surface area contributed by atoms with Gasteiger partial charge < -0.3 is 10.2 Å². The Morgan fingerprint density at radius 3 is 2.24 bits per heavy atom. The lowest BCUT2D eigenvalue weighted by molar-refractivity contribution is -0.182. The summed E-state index contributed by atoms with van der Waals surface area (Å²) in [7, 11) is 3.82. The monoisotopic (exact) mass is 320 g/mol. The van der Waals surface area contributed by atoms with E-state index in [-0.39, 0.29) is 18.9 Å². The minimum atomic E-state index is -4.05. The second-order valence-corrected chi connectivity index (χ2v) is 6.20. The van der Waals surface area contributed by atoms with Crippen molar-refractivity contribution < 1.29 is 13.2 Å². The van der Waals surface area contributed by atoms with Gasteiger partial charge in [-0.3, -0.25) is 0 Å². The number of halogens is 4. The zero-order chi connectivity index (χ0) is 15.6. The molecule has 0 amide bonds. The van der Waals surface area contributed by atoms with E-state index in [2.05, 4.69) is 5.32 Å². The van der Waals surface area contributed by atoms with Crippen LogP contribution in [-0.2, 0) is 0 Å². The van der Waals surface area contributed by atoms with Crippen LogP contribution in [0.4, 0.5) is 24.5 Å². The molecule has 0 bridgehead atoms. The zero-order valence-electron chi connectivity index (χ0n) is 12.2. The van der Waals surface area contributed by atoms with Gasteiger partial charge in [0.25, 0.3) is 0 Å². The second-order valence-electron chi connectivity index (χ2n) is 5.80. The summed E-state index contributed by atoms with van der Waals surface area (Å²) in [4.78, 5) is 1.92. The van der Waals surface area contributed by atoms with Crippen LogP contribution in [-0.4, -0.2) is 26.3 Å². The molecule has 0 spiro atoms. The maximum Gasteiger partial charge on any atom is 0.391 e. The van der Waals surface area contributed by atoms with Crippen molar-refractivity contribution in [3.63, 3.8) is 0 Å². The van der Waals surface area contributed by atoms with Crippen LogP contribution in [0.1, 0.15) is 25.7 Å². The summed E-state index contributed by atoms with van der Waals surface area (Å²) in [5, 5.41) is 3.92. The van der Waals surface area contributed by atoms with E-state index >= 15 is 0 Å². The minimum Gasteiger partial charge on any atom is -0.382 e. The lowest BCUT2D eigenvalue weighted by atomic mass is 9.85. The van der Waals surface area contributed by atoms with E-state index in [0.29, 0.717) is 17.9 Å². The first-order valence-corrected chi connectivity index (χ1v) is 7.45. The number of anilines is 2. The van der Waals surface area contributed by atoms with E-state index in [4.69, 9.17) is 11.6 Å². The number of nitrogens with one attached hydrogen (secondary N) is 1. The summed E-state index contributed by atoms with van der Waals surface area (Å²) in [6, 6.07) is 5.74. The Balaban J connectivity index is 1.93. The van der Waals surface area contributed by atoms with E-state index in [1.807, 2.05) is 37.2 Å². The molecule has 2 nitrogen and oxygen atoms in total. The first-order chi connectivity index (χ1) is 9.77. The molecule has 0 aliphatic heterocycles. The molecule has 6 heteroatoms. The third kappa shape index (κ3) is 4.19. The molecule has 1 aliphatic rings. The Morgan fingerprint density at radius 1 is 1.14 bits per heavy atom. The summed E-state index contributed by atoms with van der Waals surface area (Å²) in [5.41, 5.74) is 1.78. The van der Waals surface area contributed by atoms with Gasteiger partial charge in [0.05, 0.1) is 16.6 Å². The van der Waals surface area contributed by atoms with Gasteiger partial charge in [0.15, 0.2) is 0 Å². The highest BCUT2D eigenvalue weighted by Crippen LogP contribution is 2.38. The maximum atomic E-state index is 12.6. The third-order valence-electron chi connectivity index (χ3n) is 3.99. The van der Waals surface area contributed by atoms with Crippen LogP contribution >= 0.6 is 11.6 Å². The van der Waals surface area contributed by atoms with Crippen LogP contribution < -0.4 is 10.2 Å². The molecule has 1 aliphatic carbocycles. The fourth-order valence-electron chi connectivity index (χ4n) is 2.76. The molecule has 0 heterocycles. The molecule has 0 unspecified atom stereocenters. The fraction of sp³-hybridized carbons (Fsp3) is 0.600. The maximum absolute atomic E-state index is 12.6. The topological polar surface area (TPSA) is 15.3 Å². The number of nitrogens with zero attached hydrogens (tertiary/aromatic N) is 1. The molecule has 0 atom stereocenters. The van der Waals surface area contributed by atoms with Crippen molar-refractivity contribution in [1.29, 1.82) is 0 Å². The number of hydrogen-bond acceptors (Lipinski definition) is 2. The van der Waals surface area contributed by atoms with Gasteiger partial charge in [-0.05, 0) is 43.9 Å². The van der Waals surface area contributed by atoms with Crippen molar-refractivity contribution in [3.8, 4) is 0 Å². The molecule has 118 valence electrons. The molecule has 1 aromatic rings. The van der Waals surface area contributed by atoms with Gasteiger partial charge >= 0.3 is 6.18 Å². The summed E-state index contributed by atoms with van der Waals surface area (Å²) < 4.78 is 37.9. The summed E-state index contributed by atoms with van der Waals surface area (Å²) >= 11 is 6.19. The van der Waals surface area contributed by atoms with E-state index in [9.17, 15) is 13.2 Å². The summed E-state index contributed by atoms with van der Waals surface area (Å²) in [6.45, 7) is 0. The molecular weight excluding hydrogens is 301 g/mol. The van der Waals surface area contributed by atoms with Crippen LogP contribution in [0.25, 0.3) is 0 Å². The smallest absolute Gasteiger partial charge is 0.382 e. The largest absolute Gasteiger partial charge is 0.391 e. The van der Waals surface area contributed by atoms with Crippen molar-refractivity contribution in [2.24, 2.45) is 5.92 Å². The first kappa shape index (κ1) is 16.3. The van der Waals surface area contributed by atoms with E-state index in [0.717, 1.165) is 11.4 Å². The number of rotatable bonds is 3. The van der Waals surface area contributed by atoms with Crippen LogP contribution in [0, 0.1) is 5.92 Å². The Bertz CT molecular complexity index is 480. The van der Waals surface area contributed by atoms with E-state index in [1.165, 1.54) is 0 Å². The van der Waals surface area contributed by atoms with Crippen LogP contribution in [0.3, 0.4) is 0 Å². The van der Waals surface area contributed by atoms with Crippen molar-refractivity contribution >= 4 is 23.0 Å². The normalized spacial score (nSPS) is 23.0. The van der Waals surface area contributed by atoms with Gasteiger partial charge in [0.1, 0.15) is 0 Å². The van der Waals surface area contributed by atoms with Gasteiger partial charge in [-0.1, -0.05) is 11.6 Å². The molecule has 0 aromatic heterocycles. The van der Waals surface area contributed by atoms with Gasteiger partial charge in [-0.2, -0.15) is 13.2 Å². The van der Waals surface area contributed by atoms with Gasteiger partial charge in [-0.15, -0.1) is 0 Å². The molecule has 21 heavy (non-hydrogen) atoms. The highest BCUT2D eigenvalue weighted by atomic mass is 35.5. The number of benzene rings is 1. The van der Waals surface area contributed by atoms with Crippen molar-refractivity contribution in [2.75, 3.05) is 24.3 Å². The Hall–Kier alpha value is -1.10. The van der Waals surface area contributed by atoms with Gasteiger partial charge in [-0.25, -0.2) is 0 Å². The van der Waals surface area contributed by atoms with Crippen LogP contribution in [0.15, 0.2) is 18.2 Å². The lowest BCUT2D eigenvalue weighted by Gasteiger charge is -2.31. The van der Waals surface area contributed by atoms with Gasteiger partial charge in [0, 0.05) is 25.8 Å². The van der Waals surface area contributed by atoms with Crippen molar-refractivity contribution in [2.45, 2.75) is 37.9 Å². The average Bonchev–Trinajstić information content (AvgIpc) is 2.38. The lowest BCUT2D eigenvalue weighted by Crippen LogP contribution is -2.32. The summed E-state index contributed by atoms with van der Waals surface area (Å²) in [5.74, 6) is -1.14. The molecule has 1 saturated carbocycles. The quantitative estimate of drug-likeness (QED) is 0.848. The van der Waals surface area contributed by atoms with Crippen LogP contribution in [0.2, 0.25) is 5.02 Å². The highest BCUT2D eigenvalue weighted by Gasteiger charge is 2.41. The molecule has 0 radical (unpaired) electrons. The molecular formula is C15H20ClF3N2. The molecule has 2 rings (SSSR count). The fourth-order valence-corrected chi connectivity index (χ4v) is 3.11. The number of alkyl halides is 3. The molecule has 1 fully saturated rings. The van der Waals surface area contributed by atoms with E-state index in [1.54, 1.807) is 0 Å². The Morgan fingerprint density at radius 2 is 1.76 bits per heavy atom. The zero-order valence-corrected chi connectivity index (χ0v) is 12.9. The predicted molar refractivity (Wildman–Crippen MR) is 81.2 cm³/mol. The summed E-state index contributed by atoms with van der Waals surface area (Å²) in [6.07, 6.45) is -2.58. The Kier molecular flexibility index (Phi) is 4.91. The standard InChI is InChI=1S/C15H20ClF3N2/c1-21(2)14-8-7-12(9-13(14)16)20-11-5-3-10(4-6-11)15(17,18)19/h7-11,20H,3-6H2,1-2H3. The van der Waals surface area contributed by atoms with Gasteiger partial charge in [0.2, 0.25) is 0 Å². The minimum absolute atomic E-state index is 0.0878. The Labute approximate surface area is 128 Å². The average molecular weight is 321 g/mol. The SMILES string of the molecule is CN(C)c1ccc(NC2CCC(C(F)(F)F)CC2)cc1Cl. The molecule has 0 saturated heterocycles.